The van der Waals surface area contributed by atoms with Crippen molar-refractivity contribution in [2.24, 2.45) is 29.1 Å². The molecular formula is C15H21Cl2NO. The van der Waals surface area contributed by atoms with Crippen LogP contribution in [0.2, 0.25) is 0 Å². The molecule has 0 heterocycles. The third-order valence-corrected chi connectivity index (χ3v) is 7.61. The van der Waals surface area contributed by atoms with Crippen LogP contribution in [0.1, 0.15) is 45.4 Å². The number of hydrogen-bond donors (Lipinski definition) is 1. The summed E-state index contributed by atoms with van der Waals surface area (Å²) in [4.78, 5) is 12.4. The lowest BCUT2D eigenvalue weighted by molar-refractivity contribution is -0.127. The predicted octanol–water partition coefficient (Wildman–Crippen LogP) is 3.51. The van der Waals surface area contributed by atoms with Gasteiger partial charge in [0.15, 0.2) is 0 Å². The number of nitrogens with one attached hydrogen (secondary N) is 1. The topological polar surface area (TPSA) is 29.1 Å². The van der Waals surface area contributed by atoms with Crippen LogP contribution in [0.4, 0.5) is 0 Å². The molecule has 4 saturated carbocycles. The van der Waals surface area contributed by atoms with Gasteiger partial charge in [-0.2, -0.15) is 0 Å². The smallest absolute Gasteiger partial charge is 0.229 e. The molecule has 4 aliphatic rings. The Morgan fingerprint density at radius 2 is 1.84 bits per heavy atom. The minimum absolute atomic E-state index is 0.0737. The number of carbonyl (C=O) groups is 1. The van der Waals surface area contributed by atoms with Crippen LogP contribution in [-0.4, -0.2) is 16.3 Å². The molecule has 2 nitrogen and oxygen atoms in total. The molecule has 0 spiro atoms. The fraction of sp³-hybridized carbons (Fsp3) is 0.933. The van der Waals surface area contributed by atoms with Gasteiger partial charge in [-0.05, 0) is 62.7 Å². The molecule has 106 valence electrons. The van der Waals surface area contributed by atoms with E-state index < -0.39 is 9.75 Å². The van der Waals surface area contributed by atoms with Gasteiger partial charge in [-0.1, -0.05) is 6.42 Å². The zero-order valence-corrected chi connectivity index (χ0v) is 12.8. The second-order valence-corrected chi connectivity index (χ2v) is 8.93. The Morgan fingerprint density at radius 1 is 1.16 bits per heavy atom. The van der Waals surface area contributed by atoms with Gasteiger partial charge in [0, 0.05) is 6.04 Å². The fourth-order valence-corrected chi connectivity index (χ4v) is 5.91. The first-order valence-corrected chi connectivity index (χ1v) is 8.37. The summed E-state index contributed by atoms with van der Waals surface area (Å²) in [5, 5.41) is 3.27. The largest absolute Gasteiger partial charge is 0.353 e. The van der Waals surface area contributed by atoms with E-state index in [4.69, 9.17) is 23.2 Å². The number of alkyl halides is 2. The molecule has 4 rings (SSSR count). The lowest BCUT2D eigenvalue weighted by Gasteiger charge is -2.32. The van der Waals surface area contributed by atoms with E-state index in [1.165, 1.54) is 32.1 Å². The SMILES string of the molecule is CC1(C(=O)NC2CC3CC2C2CCCC32)CC1(Cl)Cl. The Morgan fingerprint density at radius 3 is 2.53 bits per heavy atom. The van der Waals surface area contributed by atoms with Crippen molar-refractivity contribution < 1.29 is 4.79 Å². The van der Waals surface area contributed by atoms with Crippen molar-refractivity contribution in [1.29, 1.82) is 0 Å². The number of fused-ring (bicyclic) bond motifs is 5. The van der Waals surface area contributed by atoms with Crippen LogP contribution in [0.25, 0.3) is 0 Å². The van der Waals surface area contributed by atoms with E-state index >= 15 is 0 Å². The standard InChI is InChI=1S/C15H21Cl2NO/c1-14(7-15(14,16)17)13(19)18-12-6-8-5-11(12)10-4-2-3-9(8)10/h8-12H,2-7H2,1H3,(H,18,19). The number of carbonyl (C=O) groups excluding carboxylic acids is 1. The van der Waals surface area contributed by atoms with E-state index in [1.54, 1.807) is 0 Å². The Bertz CT molecular complexity index is 438. The second kappa shape index (κ2) is 3.82. The van der Waals surface area contributed by atoms with Crippen molar-refractivity contribution in [3.63, 3.8) is 0 Å². The van der Waals surface area contributed by atoms with E-state index in [-0.39, 0.29) is 5.91 Å². The van der Waals surface area contributed by atoms with Crippen molar-refractivity contribution >= 4 is 29.1 Å². The van der Waals surface area contributed by atoms with Crippen LogP contribution < -0.4 is 5.32 Å². The Hall–Kier alpha value is 0.0500. The lowest BCUT2D eigenvalue weighted by atomic mass is 9.79. The summed E-state index contributed by atoms with van der Waals surface area (Å²) in [6.07, 6.45) is 7.31. The molecule has 4 aliphatic carbocycles. The highest BCUT2D eigenvalue weighted by molar-refractivity contribution is 6.53. The maximum Gasteiger partial charge on any atom is 0.229 e. The molecule has 4 fully saturated rings. The van der Waals surface area contributed by atoms with Crippen LogP contribution in [0.5, 0.6) is 0 Å². The molecule has 0 saturated heterocycles. The first kappa shape index (κ1) is 12.8. The van der Waals surface area contributed by atoms with Gasteiger partial charge in [-0.3, -0.25) is 4.79 Å². The van der Waals surface area contributed by atoms with Crippen molar-refractivity contribution in [2.45, 2.75) is 55.8 Å². The van der Waals surface area contributed by atoms with Crippen molar-refractivity contribution in [3.8, 4) is 0 Å². The molecule has 2 bridgehead atoms. The van der Waals surface area contributed by atoms with Crippen LogP contribution in [0.3, 0.4) is 0 Å². The summed E-state index contributed by atoms with van der Waals surface area (Å²) in [6.45, 7) is 1.88. The van der Waals surface area contributed by atoms with E-state index in [0.29, 0.717) is 12.5 Å². The summed E-state index contributed by atoms with van der Waals surface area (Å²) >= 11 is 12.2. The summed E-state index contributed by atoms with van der Waals surface area (Å²) in [5.74, 6) is 3.52. The molecule has 0 aromatic carbocycles. The Labute approximate surface area is 124 Å². The second-order valence-electron chi connectivity index (χ2n) is 7.45. The summed E-state index contributed by atoms with van der Waals surface area (Å²) in [7, 11) is 0. The van der Waals surface area contributed by atoms with Crippen LogP contribution in [-0.2, 0) is 4.79 Å². The summed E-state index contributed by atoms with van der Waals surface area (Å²) < 4.78 is -0.843. The van der Waals surface area contributed by atoms with E-state index in [2.05, 4.69) is 5.32 Å². The maximum absolute atomic E-state index is 12.4. The van der Waals surface area contributed by atoms with Crippen molar-refractivity contribution in [3.05, 3.63) is 0 Å². The van der Waals surface area contributed by atoms with E-state index in [9.17, 15) is 4.79 Å². The van der Waals surface area contributed by atoms with Gasteiger partial charge in [0.05, 0.1) is 5.41 Å². The third kappa shape index (κ3) is 1.65. The van der Waals surface area contributed by atoms with Crippen LogP contribution in [0.15, 0.2) is 0 Å². The van der Waals surface area contributed by atoms with Crippen molar-refractivity contribution in [2.75, 3.05) is 0 Å². The van der Waals surface area contributed by atoms with Gasteiger partial charge in [0.25, 0.3) is 0 Å². The third-order valence-electron chi connectivity index (χ3n) is 6.50. The van der Waals surface area contributed by atoms with Gasteiger partial charge in [-0.25, -0.2) is 0 Å². The first-order chi connectivity index (χ1) is 8.92. The molecule has 0 aromatic heterocycles. The predicted molar refractivity (Wildman–Crippen MR) is 76.1 cm³/mol. The van der Waals surface area contributed by atoms with Gasteiger partial charge in [0.2, 0.25) is 5.91 Å². The summed E-state index contributed by atoms with van der Waals surface area (Å²) in [6, 6.07) is 0.387. The zero-order valence-electron chi connectivity index (χ0n) is 11.3. The van der Waals surface area contributed by atoms with Gasteiger partial charge >= 0.3 is 0 Å². The number of hydrogen-bond acceptors (Lipinski definition) is 1. The zero-order chi connectivity index (χ0) is 13.4. The minimum atomic E-state index is -0.843. The van der Waals surface area contributed by atoms with E-state index in [0.717, 1.165) is 23.7 Å². The molecule has 0 aromatic rings. The quantitative estimate of drug-likeness (QED) is 0.777. The summed E-state index contributed by atoms with van der Waals surface area (Å²) in [5.41, 5.74) is -0.562. The molecular weight excluding hydrogens is 281 g/mol. The average Bonchev–Trinajstić information content (AvgIpc) is 2.79. The maximum atomic E-state index is 12.4. The Balaban J connectivity index is 1.44. The normalized spacial score (nSPS) is 53.1. The highest BCUT2D eigenvalue weighted by Gasteiger charge is 2.68. The van der Waals surface area contributed by atoms with Gasteiger partial charge in [-0.15, -0.1) is 23.2 Å². The molecule has 6 atom stereocenters. The first-order valence-electron chi connectivity index (χ1n) is 7.61. The van der Waals surface area contributed by atoms with Crippen molar-refractivity contribution in [1.82, 2.24) is 5.32 Å². The highest BCUT2D eigenvalue weighted by atomic mass is 35.5. The number of amides is 1. The molecule has 19 heavy (non-hydrogen) atoms. The average molecular weight is 302 g/mol. The molecule has 0 aliphatic heterocycles. The molecule has 4 heteroatoms. The minimum Gasteiger partial charge on any atom is -0.353 e. The molecule has 1 amide bonds. The van der Waals surface area contributed by atoms with Crippen LogP contribution in [0, 0.1) is 29.1 Å². The van der Waals surface area contributed by atoms with Gasteiger partial charge in [0.1, 0.15) is 4.33 Å². The van der Waals surface area contributed by atoms with E-state index in [1.807, 2.05) is 6.92 Å². The molecule has 1 N–H and O–H groups in total. The monoisotopic (exact) mass is 301 g/mol. The number of rotatable bonds is 2. The molecule has 6 unspecified atom stereocenters. The lowest BCUT2D eigenvalue weighted by Crippen LogP contribution is -2.45. The van der Waals surface area contributed by atoms with Crippen LogP contribution >= 0.6 is 23.2 Å². The number of halogens is 2. The highest BCUT2D eigenvalue weighted by Crippen LogP contribution is 2.64. The fourth-order valence-electron chi connectivity index (χ4n) is 5.21. The van der Waals surface area contributed by atoms with Gasteiger partial charge < -0.3 is 5.32 Å². The Kier molecular flexibility index (Phi) is 2.57. The molecule has 0 radical (unpaired) electrons.